The second-order valence-electron chi connectivity index (χ2n) is 6.33. The van der Waals surface area contributed by atoms with Gasteiger partial charge in [0.05, 0.1) is 0 Å². The lowest BCUT2D eigenvalue weighted by molar-refractivity contribution is -0.00834. The fraction of sp³-hybridized carbons (Fsp3) is 0.923. The lowest BCUT2D eigenvalue weighted by Gasteiger charge is -2.46. The molecule has 0 aromatic carbocycles. The maximum atomic E-state index is 12.1. The van der Waals surface area contributed by atoms with Gasteiger partial charge in [-0.1, -0.05) is 0 Å². The zero-order valence-electron chi connectivity index (χ0n) is 11.9. The van der Waals surface area contributed by atoms with Crippen molar-refractivity contribution in [2.24, 2.45) is 0 Å². The molecule has 5 heteroatoms. The first-order chi connectivity index (χ1) is 8.37. The topological polar surface area (TPSA) is 44.8 Å². The highest BCUT2D eigenvalue weighted by molar-refractivity contribution is 5.68. The van der Waals surface area contributed by atoms with Gasteiger partial charge >= 0.3 is 6.09 Å². The Bertz CT molecular complexity index is 310. The molecule has 0 radical (unpaired) electrons. The number of carbonyl (C=O) groups is 1. The summed E-state index contributed by atoms with van der Waals surface area (Å²) in [5.74, 6) is 0. The molecular weight excluding hydrogens is 230 g/mol. The summed E-state index contributed by atoms with van der Waals surface area (Å²) in [5.41, 5.74) is -0.411. The largest absolute Gasteiger partial charge is 0.444 e. The minimum Gasteiger partial charge on any atom is -0.444 e. The van der Waals surface area contributed by atoms with E-state index in [1.54, 1.807) is 0 Å². The Morgan fingerprint density at radius 1 is 1.28 bits per heavy atom. The van der Waals surface area contributed by atoms with Crippen LogP contribution >= 0.6 is 0 Å². The molecule has 0 saturated carbocycles. The van der Waals surface area contributed by atoms with Crippen LogP contribution in [0.2, 0.25) is 0 Å². The van der Waals surface area contributed by atoms with Crippen molar-refractivity contribution in [2.45, 2.75) is 45.4 Å². The fourth-order valence-electron chi connectivity index (χ4n) is 2.44. The molecule has 1 amide bonds. The van der Waals surface area contributed by atoms with Gasteiger partial charge in [-0.25, -0.2) is 4.79 Å². The lowest BCUT2D eigenvalue weighted by atomic mass is 10.1. The molecule has 2 aliphatic heterocycles. The number of piperazine rings is 1. The Hall–Kier alpha value is -0.810. The molecule has 1 N–H and O–H groups in total. The Morgan fingerprint density at radius 3 is 2.39 bits per heavy atom. The van der Waals surface area contributed by atoms with Gasteiger partial charge in [-0.15, -0.1) is 0 Å². The highest BCUT2D eigenvalue weighted by Crippen LogP contribution is 2.17. The minimum atomic E-state index is -0.411. The van der Waals surface area contributed by atoms with Crippen molar-refractivity contribution in [2.75, 3.05) is 32.7 Å². The van der Waals surface area contributed by atoms with Crippen molar-refractivity contribution in [3.8, 4) is 0 Å². The van der Waals surface area contributed by atoms with Crippen LogP contribution in [-0.2, 0) is 4.74 Å². The van der Waals surface area contributed by atoms with Gasteiger partial charge in [0.1, 0.15) is 5.60 Å². The fourth-order valence-corrected chi connectivity index (χ4v) is 2.44. The molecule has 0 unspecified atom stereocenters. The van der Waals surface area contributed by atoms with Gasteiger partial charge in [0, 0.05) is 44.8 Å². The summed E-state index contributed by atoms with van der Waals surface area (Å²) >= 11 is 0. The van der Waals surface area contributed by atoms with Crippen LogP contribution in [0.25, 0.3) is 0 Å². The molecule has 0 aromatic rings. The van der Waals surface area contributed by atoms with Crippen LogP contribution < -0.4 is 5.32 Å². The Labute approximate surface area is 109 Å². The third kappa shape index (κ3) is 3.14. The third-order valence-corrected chi connectivity index (χ3v) is 3.56. The summed E-state index contributed by atoms with van der Waals surface area (Å²) in [7, 11) is 0. The number of amides is 1. The molecule has 0 bridgehead atoms. The van der Waals surface area contributed by atoms with E-state index >= 15 is 0 Å². The monoisotopic (exact) mass is 255 g/mol. The van der Waals surface area contributed by atoms with Gasteiger partial charge < -0.3 is 15.0 Å². The number of carbonyl (C=O) groups excluding carboxylic acids is 1. The molecule has 2 aliphatic rings. The van der Waals surface area contributed by atoms with E-state index < -0.39 is 5.60 Å². The maximum Gasteiger partial charge on any atom is 0.410 e. The van der Waals surface area contributed by atoms with Crippen molar-refractivity contribution in [3.63, 3.8) is 0 Å². The van der Waals surface area contributed by atoms with Gasteiger partial charge in [0.25, 0.3) is 0 Å². The first kappa shape index (κ1) is 13.6. The van der Waals surface area contributed by atoms with E-state index in [0.29, 0.717) is 6.04 Å². The Kier molecular flexibility index (Phi) is 3.82. The number of rotatable bonds is 1. The molecule has 18 heavy (non-hydrogen) atoms. The standard InChI is InChI=1S/C13H25N3O2/c1-10-9-15(11-7-14-8-11)5-6-16(10)12(17)18-13(2,3)4/h10-11,14H,5-9H2,1-4H3/t10-/m1/s1. The molecule has 0 aliphatic carbocycles. The van der Waals surface area contributed by atoms with Crippen molar-refractivity contribution < 1.29 is 9.53 Å². The SMILES string of the molecule is C[C@@H]1CN(C2CNC2)CCN1C(=O)OC(C)(C)C. The molecule has 2 saturated heterocycles. The van der Waals surface area contributed by atoms with Crippen LogP contribution in [0.3, 0.4) is 0 Å². The zero-order valence-corrected chi connectivity index (χ0v) is 11.9. The number of ether oxygens (including phenoxy) is 1. The normalized spacial score (nSPS) is 26.9. The van der Waals surface area contributed by atoms with E-state index in [2.05, 4.69) is 17.1 Å². The first-order valence-electron chi connectivity index (χ1n) is 6.81. The molecule has 104 valence electrons. The van der Waals surface area contributed by atoms with E-state index in [-0.39, 0.29) is 12.1 Å². The lowest BCUT2D eigenvalue weighted by Crippen LogP contribution is -2.64. The molecule has 2 rings (SSSR count). The molecule has 2 heterocycles. The molecular formula is C13H25N3O2. The van der Waals surface area contributed by atoms with E-state index in [4.69, 9.17) is 4.74 Å². The number of nitrogens with one attached hydrogen (secondary N) is 1. The molecule has 1 atom stereocenters. The average molecular weight is 255 g/mol. The van der Waals surface area contributed by atoms with Crippen LogP contribution in [0.5, 0.6) is 0 Å². The molecule has 2 fully saturated rings. The van der Waals surface area contributed by atoms with Gasteiger partial charge in [-0.3, -0.25) is 4.90 Å². The summed E-state index contributed by atoms with van der Waals surface area (Å²) in [6.07, 6.45) is -0.179. The van der Waals surface area contributed by atoms with E-state index in [1.165, 1.54) is 0 Å². The van der Waals surface area contributed by atoms with Crippen LogP contribution in [0.1, 0.15) is 27.7 Å². The second-order valence-corrected chi connectivity index (χ2v) is 6.33. The Balaban J connectivity index is 1.86. The summed E-state index contributed by atoms with van der Waals surface area (Å²) < 4.78 is 5.44. The van der Waals surface area contributed by atoms with Crippen LogP contribution in [0.15, 0.2) is 0 Å². The molecule has 0 spiro atoms. The highest BCUT2D eigenvalue weighted by atomic mass is 16.6. The smallest absolute Gasteiger partial charge is 0.410 e. The first-order valence-corrected chi connectivity index (χ1v) is 6.81. The third-order valence-electron chi connectivity index (χ3n) is 3.56. The summed E-state index contributed by atoms with van der Waals surface area (Å²) in [6, 6.07) is 0.891. The zero-order chi connectivity index (χ0) is 13.3. The van der Waals surface area contributed by atoms with Crippen LogP contribution in [-0.4, -0.2) is 66.3 Å². The summed E-state index contributed by atoms with van der Waals surface area (Å²) in [5, 5.41) is 3.29. The van der Waals surface area contributed by atoms with Crippen molar-refractivity contribution in [3.05, 3.63) is 0 Å². The number of hydrogen-bond donors (Lipinski definition) is 1. The van der Waals surface area contributed by atoms with Gasteiger partial charge in [0.2, 0.25) is 0 Å². The van der Waals surface area contributed by atoms with Gasteiger partial charge in [0.15, 0.2) is 0 Å². The summed E-state index contributed by atoms with van der Waals surface area (Å²) in [4.78, 5) is 16.4. The van der Waals surface area contributed by atoms with Crippen molar-refractivity contribution in [1.82, 2.24) is 15.1 Å². The predicted molar refractivity (Wildman–Crippen MR) is 70.6 cm³/mol. The molecule has 0 aromatic heterocycles. The maximum absolute atomic E-state index is 12.1. The van der Waals surface area contributed by atoms with Gasteiger partial charge in [-0.05, 0) is 27.7 Å². The Morgan fingerprint density at radius 2 is 1.94 bits per heavy atom. The average Bonchev–Trinajstić information content (AvgIpc) is 2.11. The van der Waals surface area contributed by atoms with Crippen molar-refractivity contribution in [1.29, 1.82) is 0 Å². The van der Waals surface area contributed by atoms with E-state index in [9.17, 15) is 4.79 Å². The van der Waals surface area contributed by atoms with Crippen molar-refractivity contribution >= 4 is 6.09 Å². The van der Waals surface area contributed by atoms with Crippen LogP contribution in [0.4, 0.5) is 4.79 Å². The highest BCUT2D eigenvalue weighted by Gasteiger charge is 2.34. The minimum absolute atomic E-state index is 0.179. The van der Waals surface area contributed by atoms with E-state index in [1.807, 2.05) is 25.7 Å². The summed E-state index contributed by atoms with van der Waals surface area (Å²) in [6.45, 7) is 12.7. The van der Waals surface area contributed by atoms with Crippen LogP contribution in [0, 0.1) is 0 Å². The number of hydrogen-bond acceptors (Lipinski definition) is 4. The number of nitrogens with zero attached hydrogens (tertiary/aromatic N) is 2. The second kappa shape index (κ2) is 5.05. The predicted octanol–water partition coefficient (Wildman–Crippen LogP) is 0.899. The molecule has 5 nitrogen and oxygen atoms in total. The quantitative estimate of drug-likeness (QED) is 0.756. The van der Waals surface area contributed by atoms with Gasteiger partial charge in [-0.2, -0.15) is 0 Å². The van der Waals surface area contributed by atoms with E-state index in [0.717, 1.165) is 32.7 Å².